The molecule has 1 fully saturated rings. The Bertz CT molecular complexity index is 934. The van der Waals surface area contributed by atoms with Crippen LogP contribution < -0.4 is 20.3 Å². The van der Waals surface area contributed by atoms with Gasteiger partial charge >= 0.3 is 6.18 Å². The molecule has 168 valence electrons. The van der Waals surface area contributed by atoms with Crippen molar-refractivity contribution in [2.24, 2.45) is 0 Å². The van der Waals surface area contributed by atoms with E-state index in [0.29, 0.717) is 48.5 Å². The number of nitrogens with zero attached hydrogens (tertiary/aromatic N) is 1. The molecule has 0 saturated carbocycles. The molecule has 0 bridgehead atoms. The van der Waals surface area contributed by atoms with Gasteiger partial charge in [0.2, 0.25) is 5.91 Å². The Morgan fingerprint density at radius 1 is 1.19 bits per heavy atom. The van der Waals surface area contributed by atoms with Gasteiger partial charge < -0.3 is 25.0 Å². The Balaban J connectivity index is 1.80. The van der Waals surface area contributed by atoms with Crippen molar-refractivity contribution in [1.82, 2.24) is 0 Å². The number of hydrogen-bond donors (Lipinski definition) is 2. The molecule has 2 N–H and O–H groups in total. The summed E-state index contributed by atoms with van der Waals surface area (Å²) in [5.41, 5.74) is 0.362. The highest BCUT2D eigenvalue weighted by Gasteiger charge is 2.32. The molecule has 1 heterocycles. The van der Waals surface area contributed by atoms with Gasteiger partial charge in [-0.3, -0.25) is 4.79 Å². The highest BCUT2D eigenvalue weighted by Crippen LogP contribution is 2.36. The number of nitrogens with one attached hydrogen (secondary N) is 2. The number of hydrogen-bond acceptors (Lipinski definition) is 5. The number of alkyl halides is 3. The van der Waals surface area contributed by atoms with Gasteiger partial charge in [0.05, 0.1) is 42.3 Å². The molecule has 31 heavy (non-hydrogen) atoms. The topological polar surface area (TPSA) is 62.8 Å². The second-order valence-corrected chi connectivity index (χ2v) is 7.44. The van der Waals surface area contributed by atoms with Crippen LogP contribution in [0.4, 0.5) is 30.2 Å². The summed E-state index contributed by atoms with van der Waals surface area (Å²) in [6.45, 7) is 3.57. The predicted octanol–water partition coefficient (Wildman–Crippen LogP) is 4.64. The minimum atomic E-state index is -4.52. The SMILES string of the molecule is COc1ccc(N[C@H](C)C(=O)Nc2cc(C(F)(F)F)ccc2N2CCOCC2)cc1Cl. The summed E-state index contributed by atoms with van der Waals surface area (Å²) in [7, 11) is 1.49. The summed E-state index contributed by atoms with van der Waals surface area (Å²) in [5, 5.41) is 5.99. The maximum Gasteiger partial charge on any atom is 0.416 e. The normalized spacial score (nSPS) is 15.4. The number of carbonyl (C=O) groups excluding carboxylic acids is 1. The van der Waals surface area contributed by atoms with Crippen LogP contribution in [0.25, 0.3) is 0 Å². The molecule has 1 aliphatic heterocycles. The first-order chi connectivity index (χ1) is 14.7. The van der Waals surface area contributed by atoms with Crippen LogP contribution in [0.2, 0.25) is 5.02 Å². The average molecular weight is 458 g/mol. The largest absolute Gasteiger partial charge is 0.495 e. The van der Waals surface area contributed by atoms with Crippen molar-refractivity contribution in [3.63, 3.8) is 0 Å². The van der Waals surface area contributed by atoms with E-state index in [1.165, 1.54) is 13.2 Å². The van der Waals surface area contributed by atoms with Crippen molar-refractivity contribution in [2.75, 3.05) is 48.9 Å². The molecule has 1 saturated heterocycles. The maximum absolute atomic E-state index is 13.2. The van der Waals surface area contributed by atoms with Crippen LogP contribution in [0.15, 0.2) is 36.4 Å². The number of ether oxygens (including phenoxy) is 2. The van der Waals surface area contributed by atoms with Gasteiger partial charge in [0.1, 0.15) is 11.8 Å². The molecule has 3 rings (SSSR count). The average Bonchev–Trinajstić information content (AvgIpc) is 2.73. The summed E-state index contributed by atoms with van der Waals surface area (Å²) in [6.07, 6.45) is -4.52. The first kappa shape index (κ1) is 23.0. The molecule has 10 heteroatoms. The highest BCUT2D eigenvalue weighted by molar-refractivity contribution is 6.32. The number of benzene rings is 2. The molecular weight excluding hydrogens is 435 g/mol. The van der Waals surface area contributed by atoms with Crippen molar-refractivity contribution >= 4 is 34.6 Å². The number of amides is 1. The van der Waals surface area contributed by atoms with E-state index < -0.39 is 23.7 Å². The van der Waals surface area contributed by atoms with Gasteiger partial charge in [0.25, 0.3) is 0 Å². The number of rotatable bonds is 6. The fraction of sp³-hybridized carbons (Fsp3) is 0.381. The third-order valence-electron chi connectivity index (χ3n) is 4.86. The lowest BCUT2D eigenvalue weighted by Crippen LogP contribution is -2.37. The van der Waals surface area contributed by atoms with Crippen molar-refractivity contribution < 1.29 is 27.4 Å². The van der Waals surface area contributed by atoms with E-state index in [4.69, 9.17) is 21.1 Å². The van der Waals surface area contributed by atoms with Gasteiger partial charge in [-0.2, -0.15) is 13.2 Å². The van der Waals surface area contributed by atoms with E-state index >= 15 is 0 Å². The van der Waals surface area contributed by atoms with Crippen LogP contribution >= 0.6 is 11.6 Å². The van der Waals surface area contributed by atoms with Crippen molar-refractivity contribution in [3.8, 4) is 5.75 Å². The summed E-state index contributed by atoms with van der Waals surface area (Å²) in [6, 6.07) is 7.56. The Morgan fingerprint density at radius 2 is 1.90 bits per heavy atom. The Morgan fingerprint density at radius 3 is 2.52 bits per heavy atom. The van der Waals surface area contributed by atoms with Crippen LogP contribution in [0.3, 0.4) is 0 Å². The zero-order chi connectivity index (χ0) is 22.6. The second kappa shape index (κ2) is 9.65. The Kier molecular flexibility index (Phi) is 7.17. The fourth-order valence-corrected chi connectivity index (χ4v) is 3.46. The summed E-state index contributed by atoms with van der Waals surface area (Å²) in [5.74, 6) is 0.00390. The fourth-order valence-electron chi connectivity index (χ4n) is 3.21. The first-order valence-electron chi connectivity index (χ1n) is 9.64. The van der Waals surface area contributed by atoms with Crippen molar-refractivity contribution in [1.29, 1.82) is 0 Å². The molecule has 1 aliphatic rings. The summed E-state index contributed by atoms with van der Waals surface area (Å²) >= 11 is 6.10. The van der Waals surface area contributed by atoms with E-state index in [1.807, 2.05) is 4.90 Å². The lowest BCUT2D eigenvalue weighted by molar-refractivity contribution is -0.137. The van der Waals surface area contributed by atoms with E-state index in [9.17, 15) is 18.0 Å². The highest BCUT2D eigenvalue weighted by atomic mass is 35.5. The zero-order valence-electron chi connectivity index (χ0n) is 17.1. The third-order valence-corrected chi connectivity index (χ3v) is 5.16. The van der Waals surface area contributed by atoms with Crippen LogP contribution in [0, 0.1) is 0 Å². The molecule has 1 atom stereocenters. The minimum Gasteiger partial charge on any atom is -0.495 e. The van der Waals surface area contributed by atoms with Gasteiger partial charge in [-0.05, 0) is 43.3 Å². The molecule has 0 spiro atoms. The molecule has 0 unspecified atom stereocenters. The van der Waals surface area contributed by atoms with Crippen LogP contribution in [-0.4, -0.2) is 45.4 Å². The summed E-state index contributed by atoms with van der Waals surface area (Å²) in [4.78, 5) is 14.7. The molecular formula is C21H23ClF3N3O3. The monoisotopic (exact) mass is 457 g/mol. The van der Waals surface area contributed by atoms with E-state index in [0.717, 1.165) is 12.1 Å². The number of anilines is 3. The van der Waals surface area contributed by atoms with Crippen molar-refractivity contribution in [2.45, 2.75) is 19.1 Å². The van der Waals surface area contributed by atoms with E-state index in [2.05, 4.69) is 10.6 Å². The molecule has 0 aromatic heterocycles. The standard InChI is InChI=1S/C21H23ClF3N3O3/c1-13(26-15-4-6-19(30-2)16(22)12-15)20(29)27-17-11-14(21(23,24)25)3-5-18(17)28-7-9-31-10-8-28/h3-6,11-13,26H,7-10H2,1-2H3,(H,27,29)/t13-/m1/s1. The second-order valence-electron chi connectivity index (χ2n) is 7.03. The third kappa shape index (κ3) is 5.74. The van der Waals surface area contributed by atoms with E-state index in [-0.39, 0.29) is 5.69 Å². The lowest BCUT2D eigenvalue weighted by Gasteiger charge is -2.31. The molecule has 0 radical (unpaired) electrons. The van der Waals surface area contributed by atoms with Crippen LogP contribution in [-0.2, 0) is 15.7 Å². The number of methoxy groups -OCH3 is 1. The quantitative estimate of drug-likeness (QED) is 0.661. The Hall–Kier alpha value is -2.65. The molecule has 2 aromatic carbocycles. The van der Waals surface area contributed by atoms with E-state index in [1.54, 1.807) is 25.1 Å². The van der Waals surface area contributed by atoms with Gasteiger partial charge in [-0.15, -0.1) is 0 Å². The van der Waals surface area contributed by atoms with Gasteiger partial charge in [0.15, 0.2) is 0 Å². The predicted molar refractivity (Wildman–Crippen MR) is 114 cm³/mol. The summed E-state index contributed by atoms with van der Waals surface area (Å²) < 4.78 is 50.1. The van der Waals surface area contributed by atoms with Gasteiger partial charge in [-0.25, -0.2) is 0 Å². The molecule has 0 aliphatic carbocycles. The Labute approximate surface area is 183 Å². The lowest BCUT2D eigenvalue weighted by atomic mass is 10.1. The number of halogens is 4. The molecule has 1 amide bonds. The molecule has 6 nitrogen and oxygen atoms in total. The van der Waals surface area contributed by atoms with Gasteiger partial charge in [-0.1, -0.05) is 11.6 Å². The number of carbonyl (C=O) groups is 1. The minimum absolute atomic E-state index is 0.100. The van der Waals surface area contributed by atoms with Gasteiger partial charge in [0, 0.05) is 18.8 Å². The maximum atomic E-state index is 13.2. The number of morpholine rings is 1. The molecule has 2 aromatic rings. The first-order valence-corrected chi connectivity index (χ1v) is 10.0. The van der Waals surface area contributed by atoms with Crippen LogP contribution in [0.5, 0.6) is 5.75 Å². The van der Waals surface area contributed by atoms with Crippen molar-refractivity contribution in [3.05, 3.63) is 47.0 Å². The van der Waals surface area contributed by atoms with Crippen LogP contribution in [0.1, 0.15) is 12.5 Å². The smallest absolute Gasteiger partial charge is 0.416 e. The zero-order valence-corrected chi connectivity index (χ0v) is 17.8.